The second kappa shape index (κ2) is 10.9. The Morgan fingerprint density at radius 1 is 0.935 bits per heavy atom. The lowest BCUT2D eigenvalue weighted by molar-refractivity contribution is -0.117. The Morgan fingerprint density at radius 3 is 2.32 bits per heavy atom. The van der Waals surface area contributed by atoms with E-state index in [1.54, 1.807) is 6.92 Å². The summed E-state index contributed by atoms with van der Waals surface area (Å²) in [4.78, 5) is 11.1. The van der Waals surface area contributed by atoms with Gasteiger partial charge in [-0.15, -0.1) is 0 Å². The summed E-state index contributed by atoms with van der Waals surface area (Å²) in [6, 6.07) is 21.1. The minimum Gasteiger partial charge on any atom is -0.489 e. The smallest absolute Gasteiger partial charge is 0.129 e. The number of ether oxygens (including phenoxy) is 1. The molecule has 0 aliphatic heterocycles. The van der Waals surface area contributed by atoms with Gasteiger partial charge >= 0.3 is 0 Å². The number of ketones is 1. The Morgan fingerprint density at radius 2 is 1.65 bits per heavy atom. The van der Waals surface area contributed by atoms with Crippen LogP contribution in [0, 0.1) is 20.8 Å². The van der Waals surface area contributed by atoms with Gasteiger partial charge in [0.1, 0.15) is 18.1 Å². The molecule has 31 heavy (non-hydrogen) atoms. The number of hydrogen-bond acceptors (Lipinski definition) is 3. The average Bonchev–Trinajstić information content (AvgIpc) is 2.75. The van der Waals surface area contributed by atoms with Crippen molar-refractivity contribution < 1.29 is 9.53 Å². The van der Waals surface area contributed by atoms with E-state index in [2.05, 4.69) is 80.7 Å². The minimum absolute atomic E-state index is 0.250. The van der Waals surface area contributed by atoms with Crippen molar-refractivity contribution in [3.8, 4) is 16.9 Å². The van der Waals surface area contributed by atoms with Gasteiger partial charge in [-0.25, -0.2) is 0 Å². The molecule has 0 amide bonds. The molecule has 3 heteroatoms. The molecule has 162 valence electrons. The van der Waals surface area contributed by atoms with E-state index in [0.29, 0.717) is 13.0 Å². The SMILES string of the molecule is CC(=O)CCCNCc1c(C)cc(OCc2cccc(-c3ccccc3)c2C)cc1C. The third-order valence-corrected chi connectivity index (χ3v) is 5.78. The normalized spacial score (nSPS) is 10.8. The largest absolute Gasteiger partial charge is 0.489 e. The zero-order chi connectivity index (χ0) is 22.2. The van der Waals surface area contributed by atoms with Crippen LogP contribution in [0.25, 0.3) is 11.1 Å². The number of hydrogen-bond donors (Lipinski definition) is 1. The third-order valence-electron chi connectivity index (χ3n) is 5.78. The predicted molar refractivity (Wildman–Crippen MR) is 128 cm³/mol. The molecule has 0 spiro atoms. The fourth-order valence-electron chi connectivity index (χ4n) is 3.92. The third kappa shape index (κ3) is 6.28. The number of rotatable bonds is 10. The van der Waals surface area contributed by atoms with Gasteiger partial charge in [0.25, 0.3) is 0 Å². The standard InChI is InChI=1S/C28H33NO2/c1-20-16-26(17-21(2)28(20)18-29-15-9-10-22(3)30)31-19-25-13-8-14-27(23(25)4)24-11-6-5-7-12-24/h5-8,11-14,16-17,29H,9-10,15,18-19H2,1-4H3. The van der Waals surface area contributed by atoms with Crippen LogP contribution < -0.4 is 10.1 Å². The van der Waals surface area contributed by atoms with Crippen LogP contribution in [0.3, 0.4) is 0 Å². The van der Waals surface area contributed by atoms with Crippen molar-refractivity contribution >= 4 is 5.78 Å². The van der Waals surface area contributed by atoms with Crippen LogP contribution in [0.2, 0.25) is 0 Å². The maximum atomic E-state index is 11.1. The van der Waals surface area contributed by atoms with Crippen LogP contribution in [-0.4, -0.2) is 12.3 Å². The molecule has 0 aliphatic rings. The summed E-state index contributed by atoms with van der Waals surface area (Å²) < 4.78 is 6.19. The van der Waals surface area contributed by atoms with Gasteiger partial charge in [-0.1, -0.05) is 48.5 Å². The lowest BCUT2D eigenvalue weighted by atomic mass is 9.97. The van der Waals surface area contributed by atoms with E-state index in [1.807, 2.05) is 6.07 Å². The first-order chi connectivity index (χ1) is 15.0. The monoisotopic (exact) mass is 415 g/mol. The summed E-state index contributed by atoms with van der Waals surface area (Å²) in [7, 11) is 0. The fraction of sp³-hybridized carbons (Fsp3) is 0.321. The second-order valence-corrected chi connectivity index (χ2v) is 8.26. The highest BCUT2D eigenvalue weighted by Crippen LogP contribution is 2.27. The van der Waals surface area contributed by atoms with Crippen molar-refractivity contribution in [2.24, 2.45) is 0 Å². The van der Waals surface area contributed by atoms with Gasteiger partial charge in [-0.3, -0.25) is 0 Å². The molecule has 3 rings (SSSR count). The van der Waals surface area contributed by atoms with Gasteiger partial charge in [-0.05, 0) is 91.7 Å². The number of nitrogens with one attached hydrogen (secondary N) is 1. The Hall–Kier alpha value is -2.91. The average molecular weight is 416 g/mol. The first-order valence-electron chi connectivity index (χ1n) is 11.0. The molecule has 0 aromatic heterocycles. The highest BCUT2D eigenvalue weighted by molar-refractivity contribution is 5.75. The van der Waals surface area contributed by atoms with Crippen LogP contribution in [0.5, 0.6) is 5.75 Å². The summed E-state index contributed by atoms with van der Waals surface area (Å²) >= 11 is 0. The van der Waals surface area contributed by atoms with E-state index < -0.39 is 0 Å². The predicted octanol–water partition coefficient (Wildman–Crippen LogP) is 6.32. The van der Waals surface area contributed by atoms with Crippen molar-refractivity contribution in [1.29, 1.82) is 0 Å². The molecule has 3 aromatic rings. The van der Waals surface area contributed by atoms with Gasteiger partial charge in [0.15, 0.2) is 0 Å². The van der Waals surface area contributed by atoms with Crippen LogP contribution in [-0.2, 0) is 17.9 Å². The molecule has 0 saturated carbocycles. The maximum Gasteiger partial charge on any atom is 0.129 e. The molecule has 0 radical (unpaired) electrons. The van der Waals surface area contributed by atoms with Crippen molar-refractivity contribution in [2.75, 3.05) is 6.54 Å². The van der Waals surface area contributed by atoms with Crippen LogP contribution in [0.4, 0.5) is 0 Å². The number of aryl methyl sites for hydroxylation is 2. The van der Waals surface area contributed by atoms with Gasteiger partial charge in [0.2, 0.25) is 0 Å². The van der Waals surface area contributed by atoms with E-state index in [-0.39, 0.29) is 5.78 Å². The van der Waals surface area contributed by atoms with Crippen molar-refractivity contribution in [3.63, 3.8) is 0 Å². The summed E-state index contributed by atoms with van der Waals surface area (Å²) in [6.07, 6.45) is 1.53. The zero-order valence-electron chi connectivity index (χ0n) is 19.1. The lowest BCUT2D eigenvalue weighted by Crippen LogP contribution is -2.17. The van der Waals surface area contributed by atoms with Crippen molar-refractivity contribution in [1.82, 2.24) is 5.32 Å². The summed E-state index contributed by atoms with van der Waals surface area (Å²) in [5.74, 6) is 1.15. The summed E-state index contributed by atoms with van der Waals surface area (Å²) in [5.41, 5.74) is 8.69. The second-order valence-electron chi connectivity index (χ2n) is 8.26. The minimum atomic E-state index is 0.250. The summed E-state index contributed by atoms with van der Waals surface area (Å²) in [6.45, 7) is 10.3. The fourth-order valence-corrected chi connectivity index (χ4v) is 3.92. The first kappa shape index (κ1) is 22.8. The molecule has 0 fully saturated rings. The van der Waals surface area contributed by atoms with Crippen LogP contribution >= 0.6 is 0 Å². The quantitative estimate of drug-likeness (QED) is 0.394. The molecule has 0 saturated heterocycles. The molecule has 0 heterocycles. The van der Waals surface area contributed by atoms with Gasteiger partial charge in [0.05, 0.1) is 0 Å². The molecule has 3 aromatic carbocycles. The van der Waals surface area contributed by atoms with Crippen LogP contribution in [0.1, 0.15) is 47.6 Å². The van der Waals surface area contributed by atoms with E-state index >= 15 is 0 Å². The Balaban J connectivity index is 1.64. The van der Waals surface area contributed by atoms with E-state index in [1.165, 1.54) is 38.9 Å². The topological polar surface area (TPSA) is 38.3 Å². The van der Waals surface area contributed by atoms with E-state index in [0.717, 1.165) is 25.3 Å². The molecular formula is C28H33NO2. The highest BCUT2D eigenvalue weighted by Gasteiger charge is 2.09. The van der Waals surface area contributed by atoms with Crippen molar-refractivity contribution in [2.45, 2.75) is 53.7 Å². The van der Waals surface area contributed by atoms with E-state index in [9.17, 15) is 4.79 Å². The van der Waals surface area contributed by atoms with Gasteiger partial charge in [0, 0.05) is 13.0 Å². The lowest BCUT2D eigenvalue weighted by Gasteiger charge is -2.16. The molecule has 0 aliphatic carbocycles. The molecule has 0 bridgehead atoms. The number of Topliss-reactive ketones (excluding diaryl/α,β-unsaturated/α-hetero) is 1. The molecular weight excluding hydrogens is 382 g/mol. The Bertz CT molecular complexity index is 1000. The summed E-state index contributed by atoms with van der Waals surface area (Å²) in [5, 5.41) is 3.45. The maximum absolute atomic E-state index is 11.1. The first-order valence-corrected chi connectivity index (χ1v) is 11.0. The number of carbonyl (C=O) groups excluding carboxylic acids is 1. The van der Waals surface area contributed by atoms with Crippen molar-refractivity contribution in [3.05, 3.63) is 88.5 Å². The van der Waals surface area contributed by atoms with Crippen LogP contribution in [0.15, 0.2) is 60.7 Å². The van der Waals surface area contributed by atoms with Gasteiger partial charge in [-0.2, -0.15) is 0 Å². The Kier molecular flexibility index (Phi) is 8.02. The molecule has 3 nitrogen and oxygen atoms in total. The number of benzene rings is 3. The highest BCUT2D eigenvalue weighted by atomic mass is 16.5. The molecule has 1 N–H and O–H groups in total. The van der Waals surface area contributed by atoms with E-state index in [4.69, 9.17) is 4.74 Å². The number of carbonyl (C=O) groups is 1. The Labute approximate surface area is 186 Å². The molecule has 0 atom stereocenters. The van der Waals surface area contributed by atoms with Gasteiger partial charge < -0.3 is 14.8 Å². The zero-order valence-corrected chi connectivity index (χ0v) is 19.1. The molecule has 0 unspecified atom stereocenters.